The van der Waals surface area contributed by atoms with Gasteiger partial charge in [-0.05, 0) is 50.9 Å². The first kappa shape index (κ1) is 16.1. The van der Waals surface area contributed by atoms with Crippen LogP contribution in [-0.2, 0) is 6.54 Å². The van der Waals surface area contributed by atoms with E-state index < -0.39 is 5.97 Å². The number of fused-ring (bicyclic) bond motifs is 1. The lowest BCUT2D eigenvalue weighted by atomic mass is 9.96. The molecule has 1 fully saturated rings. The Morgan fingerprint density at radius 3 is 2.70 bits per heavy atom. The van der Waals surface area contributed by atoms with E-state index in [4.69, 9.17) is 0 Å². The van der Waals surface area contributed by atoms with Crippen LogP contribution in [-0.4, -0.2) is 40.2 Å². The molecule has 1 saturated heterocycles. The van der Waals surface area contributed by atoms with E-state index in [1.807, 2.05) is 30.5 Å². The maximum Gasteiger partial charge on any atom is 0.337 e. The minimum Gasteiger partial charge on any atom is -0.478 e. The van der Waals surface area contributed by atoms with E-state index in [1.165, 1.54) is 45.3 Å². The predicted molar refractivity (Wildman–Crippen MR) is 93.0 cm³/mol. The smallest absolute Gasteiger partial charge is 0.337 e. The zero-order valence-corrected chi connectivity index (χ0v) is 13.9. The number of aromatic nitrogens is 1. The van der Waals surface area contributed by atoms with Gasteiger partial charge in [0.2, 0.25) is 0 Å². The van der Waals surface area contributed by atoms with E-state index in [9.17, 15) is 9.90 Å². The fraction of sp³-hybridized carbons (Fsp3) is 0.526. The highest BCUT2D eigenvalue weighted by Crippen LogP contribution is 2.25. The summed E-state index contributed by atoms with van der Waals surface area (Å²) in [6, 6.07) is 7.82. The van der Waals surface area contributed by atoms with Crippen LogP contribution in [0.3, 0.4) is 0 Å². The van der Waals surface area contributed by atoms with Crippen molar-refractivity contribution in [2.24, 2.45) is 5.92 Å². The Morgan fingerprint density at radius 2 is 2.00 bits per heavy atom. The lowest BCUT2D eigenvalue weighted by Gasteiger charge is -2.32. The Hall–Kier alpha value is -1.81. The van der Waals surface area contributed by atoms with Gasteiger partial charge in [0.25, 0.3) is 0 Å². The molecule has 0 saturated carbocycles. The summed E-state index contributed by atoms with van der Waals surface area (Å²) in [6.45, 7) is 6.74. The summed E-state index contributed by atoms with van der Waals surface area (Å²) < 4.78 is 2.14. The van der Waals surface area contributed by atoms with E-state index >= 15 is 0 Å². The fourth-order valence-corrected chi connectivity index (χ4v) is 3.62. The van der Waals surface area contributed by atoms with Crippen LogP contribution in [0.25, 0.3) is 10.9 Å². The van der Waals surface area contributed by atoms with Gasteiger partial charge in [0.1, 0.15) is 0 Å². The summed E-state index contributed by atoms with van der Waals surface area (Å²) >= 11 is 0. The van der Waals surface area contributed by atoms with E-state index in [0.29, 0.717) is 11.5 Å². The first-order chi connectivity index (χ1) is 11.2. The number of carboxylic acids is 1. The first-order valence-electron chi connectivity index (χ1n) is 8.72. The van der Waals surface area contributed by atoms with Crippen molar-refractivity contribution < 1.29 is 9.90 Å². The molecule has 1 aromatic heterocycles. The number of nitrogens with zero attached hydrogens (tertiary/aromatic N) is 2. The molecule has 1 aliphatic heterocycles. The molecule has 0 spiro atoms. The third kappa shape index (κ3) is 3.58. The van der Waals surface area contributed by atoms with Gasteiger partial charge in [-0.25, -0.2) is 4.79 Å². The zero-order valence-electron chi connectivity index (χ0n) is 13.9. The quantitative estimate of drug-likeness (QED) is 0.881. The number of benzene rings is 1. The summed E-state index contributed by atoms with van der Waals surface area (Å²) in [5.74, 6) is -0.195. The Morgan fingerprint density at radius 1 is 1.26 bits per heavy atom. The second-order valence-electron chi connectivity index (χ2n) is 6.66. The molecule has 0 bridgehead atoms. The second kappa shape index (κ2) is 7.18. The summed E-state index contributed by atoms with van der Waals surface area (Å²) in [6.07, 6.45) is 6.77. The van der Waals surface area contributed by atoms with Gasteiger partial charge in [0.15, 0.2) is 0 Å². The molecule has 0 radical (unpaired) electrons. The Balaban J connectivity index is 1.69. The minimum atomic E-state index is -0.839. The maximum absolute atomic E-state index is 11.4. The molecule has 124 valence electrons. The SMILES string of the molecule is CCCCN1CCC(Cn2cc(C(=O)O)c3ccccc32)CC1. The van der Waals surface area contributed by atoms with Gasteiger partial charge in [0, 0.05) is 23.6 Å². The van der Waals surface area contributed by atoms with Crippen molar-refractivity contribution >= 4 is 16.9 Å². The Bertz CT molecular complexity index is 669. The molecular formula is C19H26N2O2. The molecule has 0 amide bonds. The van der Waals surface area contributed by atoms with Crippen molar-refractivity contribution in [1.82, 2.24) is 9.47 Å². The second-order valence-corrected chi connectivity index (χ2v) is 6.66. The standard InChI is InChI=1S/C19H26N2O2/c1-2-3-10-20-11-8-15(9-12-20)13-21-14-17(19(22)23)16-6-4-5-7-18(16)21/h4-7,14-15H,2-3,8-13H2,1H3,(H,22,23). The highest BCUT2D eigenvalue weighted by Gasteiger charge is 2.21. The number of piperidine rings is 1. The van der Waals surface area contributed by atoms with Crippen molar-refractivity contribution in [3.63, 3.8) is 0 Å². The third-order valence-electron chi connectivity index (χ3n) is 5.01. The van der Waals surface area contributed by atoms with E-state index in [-0.39, 0.29) is 0 Å². The van der Waals surface area contributed by atoms with Crippen LogP contribution in [0.5, 0.6) is 0 Å². The molecule has 3 rings (SSSR count). The van der Waals surface area contributed by atoms with Gasteiger partial charge in [-0.1, -0.05) is 31.5 Å². The molecular weight excluding hydrogens is 288 g/mol. The van der Waals surface area contributed by atoms with Crippen LogP contribution in [0, 0.1) is 5.92 Å². The van der Waals surface area contributed by atoms with Crippen molar-refractivity contribution in [3.05, 3.63) is 36.0 Å². The van der Waals surface area contributed by atoms with Gasteiger partial charge >= 0.3 is 5.97 Å². The van der Waals surface area contributed by atoms with Crippen LogP contribution in [0.2, 0.25) is 0 Å². The summed E-state index contributed by atoms with van der Waals surface area (Å²) in [4.78, 5) is 14.0. The maximum atomic E-state index is 11.4. The molecule has 2 aromatic rings. The highest BCUT2D eigenvalue weighted by molar-refractivity contribution is 6.03. The molecule has 2 heterocycles. The number of rotatable bonds is 6. The fourth-order valence-electron chi connectivity index (χ4n) is 3.62. The predicted octanol–water partition coefficient (Wildman–Crippen LogP) is 3.85. The van der Waals surface area contributed by atoms with Crippen molar-refractivity contribution in [1.29, 1.82) is 0 Å². The lowest BCUT2D eigenvalue weighted by Crippen LogP contribution is -2.35. The van der Waals surface area contributed by atoms with Gasteiger partial charge < -0.3 is 14.6 Å². The number of para-hydroxylation sites is 1. The van der Waals surface area contributed by atoms with Gasteiger partial charge in [0.05, 0.1) is 5.56 Å². The number of hydrogen-bond donors (Lipinski definition) is 1. The largest absolute Gasteiger partial charge is 0.478 e. The van der Waals surface area contributed by atoms with Crippen LogP contribution in [0.1, 0.15) is 43.0 Å². The average Bonchev–Trinajstić information content (AvgIpc) is 2.93. The summed E-state index contributed by atoms with van der Waals surface area (Å²) in [5, 5.41) is 10.2. The number of likely N-dealkylation sites (tertiary alicyclic amines) is 1. The Kier molecular flexibility index (Phi) is 5.01. The molecule has 1 aliphatic rings. The van der Waals surface area contributed by atoms with Crippen molar-refractivity contribution in [3.8, 4) is 0 Å². The lowest BCUT2D eigenvalue weighted by molar-refractivity contribution is 0.0698. The van der Waals surface area contributed by atoms with E-state index in [1.54, 1.807) is 0 Å². The molecule has 1 N–H and O–H groups in total. The molecule has 1 aromatic carbocycles. The Labute approximate surface area is 137 Å². The first-order valence-corrected chi connectivity index (χ1v) is 8.72. The van der Waals surface area contributed by atoms with Crippen molar-refractivity contribution in [2.45, 2.75) is 39.2 Å². The number of hydrogen-bond acceptors (Lipinski definition) is 2. The number of carbonyl (C=O) groups is 1. The topological polar surface area (TPSA) is 45.5 Å². The molecule has 4 nitrogen and oxygen atoms in total. The number of unbranched alkanes of at least 4 members (excludes halogenated alkanes) is 1. The monoisotopic (exact) mass is 314 g/mol. The summed E-state index contributed by atoms with van der Waals surface area (Å²) in [5.41, 5.74) is 1.46. The summed E-state index contributed by atoms with van der Waals surface area (Å²) in [7, 11) is 0. The number of aromatic carboxylic acids is 1. The third-order valence-corrected chi connectivity index (χ3v) is 5.01. The van der Waals surface area contributed by atoms with Crippen molar-refractivity contribution in [2.75, 3.05) is 19.6 Å². The van der Waals surface area contributed by atoms with E-state index in [0.717, 1.165) is 17.4 Å². The molecule has 0 aliphatic carbocycles. The molecule has 0 unspecified atom stereocenters. The normalized spacial score (nSPS) is 16.9. The van der Waals surface area contributed by atoms with Gasteiger partial charge in [-0.2, -0.15) is 0 Å². The van der Waals surface area contributed by atoms with Gasteiger partial charge in [-0.3, -0.25) is 0 Å². The number of carboxylic acid groups (broad SMARTS) is 1. The molecule has 23 heavy (non-hydrogen) atoms. The van der Waals surface area contributed by atoms with Crippen LogP contribution >= 0.6 is 0 Å². The van der Waals surface area contributed by atoms with Crippen LogP contribution < -0.4 is 0 Å². The zero-order chi connectivity index (χ0) is 16.2. The highest BCUT2D eigenvalue weighted by atomic mass is 16.4. The van der Waals surface area contributed by atoms with Crippen LogP contribution in [0.4, 0.5) is 0 Å². The minimum absolute atomic E-state index is 0.418. The van der Waals surface area contributed by atoms with Gasteiger partial charge in [-0.15, -0.1) is 0 Å². The molecule has 0 atom stereocenters. The average molecular weight is 314 g/mol. The molecule has 4 heteroatoms. The van der Waals surface area contributed by atoms with E-state index in [2.05, 4.69) is 16.4 Å². The van der Waals surface area contributed by atoms with Crippen LogP contribution in [0.15, 0.2) is 30.5 Å².